The average molecular weight is 367 g/mol. The number of hydrogen-bond acceptors (Lipinski definition) is 4. The second-order valence-electron chi connectivity index (χ2n) is 6.30. The van der Waals surface area contributed by atoms with Crippen LogP contribution in [0.5, 0.6) is 11.5 Å². The third kappa shape index (κ3) is 3.48. The second-order valence-corrected chi connectivity index (χ2v) is 6.30. The summed E-state index contributed by atoms with van der Waals surface area (Å²) in [6.07, 6.45) is 0. The molecule has 0 aliphatic carbocycles. The molecule has 0 atom stereocenters. The number of fused-ring (bicyclic) bond motifs is 1. The highest BCUT2D eigenvalue weighted by atomic mass is 19.1. The van der Waals surface area contributed by atoms with Crippen LogP contribution in [0.25, 0.3) is 0 Å². The molecular formula is C20H18FN3O3. The molecule has 0 bridgehead atoms. The molecule has 0 fully saturated rings. The number of amides is 1. The molecular weight excluding hydrogens is 349 g/mol. The zero-order valence-electron chi connectivity index (χ0n) is 14.5. The molecule has 6 nitrogen and oxygen atoms in total. The molecule has 0 spiro atoms. The van der Waals surface area contributed by atoms with Crippen molar-refractivity contribution in [2.24, 2.45) is 0 Å². The van der Waals surface area contributed by atoms with Crippen molar-refractivity contribution in [1.29, 1.82) is 0 Å². The van der Waals surface area contributed by atoms with Gasteiger partial charge in [-0.15, -0.1) is 0 Å². The Hall–Kier alpha value is -3.35. The molecule has 3 aromatic rings. The molecule has 1 aliphatic rings. The number of carbonyl (C=O) groups excluding carboxylic acids is 1. The van der Waals surface area contributed by atoms with Crippen LogP contribution in [0.15, 0.2) is 54.6 Å². The van der Waals surface area contributed by atoms with Gasteiger partial charge in [0, 0.05) is 12.1 Å². The van der Waals surface area contributed by atoms with Crippen LogP contribution in [0.2, 0.25) is 0 Å². The third-order valence-corrected chi connectivity index (χ3v) is 4.52. The zero-order chi connectivity index (χ0) is 18.8. The van der Waals surface area contributed by atoms with E-state index in [4.69, 9.17) is 4.74 Å². The first-order chi connectivity index (χ1) is 13.1. The van der Waals surface area contributed by atoms with Crippen molar-refractivity contribution in [2.75, 3.05) is 6.54 Å². The molecule has 1 N–H and O–H groups in total. The lowest BCUT2D eigenvalue weighted by atomic mass is 10.1. The normalized spacial score (nSPS) is 13.3. The Morgan fingerprint density at radius 1 is 1.11 bits per heavy atom. The highest BCUT2D eigenvalue weighted by Gasteiger charge is 2.27. The highest BCUT2D eigenvalue weighted by molar-refractivity contribution is 5.94. The van der Waals surface area contributed by atoms with Crippen molar-refractivity contribution in [3.63, 3.8) is 0 Å². The monoisotopic (exact) mass is 367 g/mol. The van der Waals surface area contributed by atoms with E-state index in [1.165, 1.54) is 24.3 Å². The van der Waals surface area contributed by atoms with Crippen LogP contribution < -0.4 is 4.74 Å². The number of ether oxygens (including phenoxy) is 1. The van der Waals surface area contributed by atoms with E-state index in [0.717, 1.165) is 0 Å². The smallest absolute Gasteiger partial charge is 0.254 e. The van der Waals surface area contributed by atoms with Gasteiger partial charge in [-0.05, 0) is 36.4 Å². The molecule has 2 aromatic carbocycles. The second kappa shape index (κ2) is 7.11. The number of nitrogens with zero attached hydrogens (tertiary/aromatic N) is 3. The Bertz CT molecular complexity index is 955. The van der Waals surface area contributed by atoms with Crippen molar-refractivity contribution < 1.29 is 19.0 Å². The zero-order valence-corrected chi connectivity index (χ0v) is 14.5. The first kappa shape index (κ1) is 17.1. The summed E-state index contributed by atoms with van der Waals surface area (Å²) in [5.74, 6) is 0.145. The van der Waals surface area contributed by atoms with Gasteiger partial charge in [-0.25, -0.2) is 4.39 Å². The lowest BCUT2D eigenvalue weighted by Crippen LogP contribution is -2.38. The quantitative estimate of drug-likeness (QED) is 0.770. The Morgan fingerprint density at radius 2 is 1.85 bits per heavy atom. The summed E-state index contributed by atoms with van der Waals surface area (Å²) < 4.78 is 20.4. The van der Waals surface area contributed by atoms with Gasteiger partial charge in [0.05, 0.1) is 13.1 Å². The first-order valence-corrected chi connectivity index (χ1v) is 8.62. The molecule has 2 heterocycles. The summed E-state index contributed by atoms with van der Waals surface area (Å²) in [6.45, 7) is 1.31. The number of halogens is 1. The van der Waals surface area contributed by atoms with Gasteiger partial charge >= 0.3 is 0 Å². The van der Waals surface area contributed by atoms with E-state index in [2.05, 4.69) is 5.10 Å². The van der Waals surface area contributed by atoms with Gasteiger partial charge in [0.15, 0.2) is 5.75 Å². The highest BCUT2D eigenvalue weighted by Crippen LogP contribution is 2.28. The fraction of sp³-hybridized carbons (Fsp3) is 0.200. The summed E-state index contributed by atoms with van der Waals surface area (Å²) in [5.41, 5.74) is 1.42. The van der Waals surface area contributed by atoms with E-state index in [0.29, 0.717) is 35.8 Å². The number of rotatable bonds is 4. The molecule has 0 radical (unpaired) electrons. The maximum atomic E-state index is 13.1. The Morgan fingerprint density at radius 3 is 2.59 bits per heavy atom. The van der Waals surface area contributed by atoms with Gasteiger partial charge in [-0.2, -0.15) is 5.10 Å². The van der Waals surface area contributed by atoms with E-state index in [9.17, 15) is 14.3 Å². The van der Waals surface area contributed by atoms with Crippen molar-refractivity contribution in [3.05, 3.63) is 77.4 Å². The van der Waals surface area contributed by atoms with Crippen molar-refractivity contribution in [1.82, 2.24) is 14.7 Å². The van der Waals surface area contributed by atoms with Crippen LogP contribution in [0.1, 0.15) is 21.7 Å². The molecule has 1 aromatic heterocycles. The van der Waals surface area contributed by atoms with E-state index in [-0.39, 0.29) is 30.6 Å². The van der Waals surface area contributed by atoms with E-state index in [1.54, 1.807) is 9.58 Å². The number of para-hydroxylation sites is 1. The summed E-state index contributed by atoms with van der Waals surface area (Å²) in [7, 11) is 0. The van der Waals surface area contributed by atoms with Gasteiger partial charge < -0.3 is 14.7 Å². The SMILES string of the molecule is O=C(c1ccc(F)cc1)N1CCn2nc(COc3ccccc3)c(O)c2C1. The molecule has 1 amide bonds. The fourth-order valence-corrected chi connectivity index (χ4v) is 3.07. The summed E-state index contributed by atoms with van der Waals surface area (Å²) in [4.78, 5) is 14.2. The van der Waals surface area contributed by atoms with Gasteiger partial charge in [-0.1, -0.05) is 18.2 Å². The summed E-state index contributed by atoms with van der Waals surface area (Å²) >= 11 is 0. The van der Waals surface area contributed by atoms with Gasteiger partial charge in [0.2, 0.25) is 0 Å². The number of aromatic hydroxyl groups is 1. The first-order valence-electron chi connectivity index (χ1n) is 8.62. The Kier molecular flexibility index (Phi) is 4.50. The Balaban J connectivity index is 1.48. The minimum atomic E-state index is -0.385. The van der Waals surface area contributed by atoms with E-state index < -0.39 is 0 Å². The number of hydrogen-bond donors (Lipinski definition) is 1. The van der Waals surface area contributed by atoms with Crippen molar-refractivity contribution in [2.45, 2.75) is 19.7 Å². The lowest BCUT2D eigenvalue weighted by Gasteiger charge is -2.27. The lowest BCUT2D eigenvalue weighted by molar-refractivity contribution is 0.0704. The minimum absolute atomic E-state index is 0.0440. The largest absolute Gasteiger partial charge is 0.504 e. The third-order valence-electron chi connectivity index (χ3n) is 4.52. The van der Waals surface area contributed by atoms with Gasteiger partial charge in [0.25, 0.3) is 5.91 Å². The minimum Gasteiger partial charge on any atom is -0.504 e. The van der Waals surface area contributed by atoms with Crippen LogP contribution in [-0.2, 0) is 19.7 Å². The van der Waals surface area contributed by atoms with E-state index >= 15 is 0 Å². The number of benzene rings is 2. The number of aromatic nitrogens is 2. The standard InChI is InChI=1S/C20H18FN3O3/c21-15-8-6-14(7-9-15)20(26)23-10-11-24-18(12-23)19(25)17(22-24)13-27-16-4-2-1-3-5-16/h1-9,25H,10-13H2. The van der Waals surface area contributed by atoms with E-state index in [1.807, 2.05) is 30.3 Å². The summed E-state index contributed by atoms with van der Waals surface area (Å²) in [6, 6.07) is 14.7. The molecule has 27 heavy (non-hydrogen) atoms. The molecule has 1 aliphatic heterocycles. The Labute approximate surface area is 155 Å². The van der Waals surface area contributed by atoms with Gasteiger partial charge in [-0.3, -0.25) is 9.48 Å². The molecule has 0 saturated heterocycles. The van der Waals surface area contributed by atoms with Crippen molar-refractivity contribution >= 4 is 5.91 Å². The van der Waals surface area contributed by atoms with Crippen LogP contribution >= 0.6 is 0 Å². The molecule has 138 valence electrons. The van der Waals surface area contributed by atoms with Crippen LogP contribution in [0.4, 0.5) is 4.39 Å². The predicted molar refractivity (Wildman–Crippen MR) is 95.8 cm³/mol. The molecule has 7 heteroatoms. The fourth-order valence-electron chi connectivity index (χ4n) is 3.07. The number of carbonyl (C=O) groups is 1. The van der Waals surface area contributed by atoms with Gasteiger partial charge in [0.1, 0.15) is 29.6 Å². The molecule has 4 rings (SSSR count). The van der Waals surface area contributed by atoms with Crippen molar-refractivity contribution in [3.8, 4) is 11.5 Å². The maximum absolute atomic E-state index is 13.1. The van der Waals surface area contributed by atoms with Crippen LogP contribution in [0.3, 0.4) is 0 Å². The average Bonchev–Trinajstić information content (AvgIpc) is 3.02. The topological polar surface area (TPSA) is 67.6 Å². The maximum Gasteiger partial charge on any atom is 0.254 e. The van der Waals surface area contributed by atoms with Crippen LogP contribution in [0, 0.1) is 5.82 Å². The predicted octanol–water partition coefficient (Wildman–Crippen LogP) is 2.96. The summed E-state index contributed by atoms with van der Waals surface area (Å²) in [5, 5.41) is 14.9. The van der Waals surface area contributed by atoms with Crippen LogP contribution in [-0.4, -0.2) is 32.2 Å². The molecule has 0 saturated carbocycles. The molecule has 0 unspecified atom stereocenters.